The highest BCUT2D eigenvalue weighted by Gasteiger charge is 2.38. The lowest BCUT2D eigenvalue weighted by atomic mass is 9.99. The van der Waals surface area contributed by atoms with Gasteiger partial charge in [0.05, 0.1) is 33.9 Å². The van der Waals surface area contributed by atoms with E-state index in [1.165, 1.54) is 55.6 Å². The number of halogens is 1. The van der Waals surface area contributed by atoms with E-state index in [1.807, 2.05) is 0 Å². The van der Waals surface area contributed by atoms with Crippen molar-refractivity contribution in [3.05, 3.63) is 134 Å². The summed E-state index contributed by atoms with van der Waals surface area (Å²) in [6.07, 6.45) is -1.47. The number of nitro groups is 1. The van der Waals surface area contributed by atoms with Gasteiger partial charge in [-0.25, -0.2) is 9.69 Å². The van der Waals surface area contributed by atoms with Crippen molar-refractivity contribution in [3.63, 3.8) is 0 Å². The lowest BCUT2D eigenvalue weighted by molar-refractivity contribution is -0.384. The van der Waals surface area contributed by atoms with Gasteiger partial charge in [-0.2, -0.15) is 0 Å². The van der Waals surface area contributed by atoms with Gasteiger partial charge in [0, 0.05) is 29.3 Å². The van der Waals surface area contributed by atoms with Gasteiger partial charge in [-0.15, -0.1) is 0 Å². The second-order valence-electron chi connectivity index (χ2n) is 8.86. The molecule has 1 atom stereocenters. The van der Waals surface area contributed by atoms with E-state index in [1.54, 1.807) is 42.5 Å². The number of non-ortho nitro benzene ring substituents is 1. The second kappa shape index (κ2) is 11.0. The SMILES string of the molecule is COc1cc(N2C(=O)c3ccccc3C2=O)c(Cl)cc1C(=O)O[C@H](C(=O)c1ccccc1)c1ccc([N+](=O)[O-])cc1. The lowest BCUT2D eigenvalue weighted by Crippen LogP contribution is -2.30. The molecule has 41 heavy (non-hydrogen) atoms. The number of hydrogen-bond donors (Lipinski definition) is 0. The number of hydrogen-bond acceptors (Lipinski definition) is 8. The van der Waals surface area contributed by atoms with Crippen LogP contribution in [0.15, 0.2) is 91.0 Å². The second-order valence-corrected chi connectivity index (χ2v) is 9.27. The smallest absolute Gasteiger partial charge is 0.343 e. The monoisotopic (exact) mass is 570 g/mol. The van der Waals surface area contributed by atoms with E-state index in [-0.39, 0.29) is 50.0 Å². The van der Waals surface area contributed by atoms with Crippen LogP contribution >= 0.6 is 11.6 Å². The van der Waals surface area contributed by atoms with Crippen LogP contribution < -0.4 is 9.64 Å². The molecule has 0 saturated heterocycles. The number of methoxy groups -OCH3 is 1. The number of anilines is 1. The van der Waals surface area contributed by atoms with Crippen LogP contribution in [0.25, 0.3) is 0 Å². The zero-order valence-electron chi connectivity index (χ0n) is 21.3. The van der Waals surface area contributed by atoms with Gasteiger partial charge in [-0.1, -0.05) is 54.1 Å². The van der Waals surface area contributed by atoms with E-state index >= 15 is 0 Å². The van der Waals surface area contributed by atoms with Gasteiger partial charge in [-0.3, -0.25) is 24.5 Å². The minimum atomic E-state index is -1.47. The van der Waals surface area contributed by atoms with Gasteiger partial charge in [0.2, 0.25) is 5.78 Å². The molecule has 11 heteroatoms. The van der Waals surface area contributed by atoms with E-state index in [4.69, 9.17) is 21.1 Å². The quantitative estimate of drug-likeness (QED) is 0.0848. The third-order valence-corrected chi connectivity index (χ3v) is 6.75. The molecule has 0 aliphatic carbocycles. The fourth-order valence-electron chi connectivity index (χ4n) is 4.42. The maximum Gasteiger partial charge on any atom is 0.343 e. The Morgan fingerprint density at radius 3 is 2.02 bits per heavy atom. The Kier molecular flexibility index (Phi) is 7.32. The number of rotatable bonds is 8. The zero-order valence-corrected chi connectivity index (χ0v) is 22.0. The van der Waals surface area contributed by atoms with Gasteiger partial charge in [-0.05, 0) is 30.3 Å². The molecule has 0 fully saturated rings. The molecular weight excluding hydrogens is 552 g/mol. The molecule has 0 saturated carbocycles. The first-order valence-corrected chi connectivity index (χ1v) is 12.5. The van der Waals surface area contributed by atoms with Crippen LogP contribution in [0, 0.1) is 10.1 Å². The van der Waals surface area contributed by atoms with E-state index in [9.17, 15) is 29.3 Å². The normalized spacial score (nSPS) is 13.0. The summed E-state index contributed by atoms with van der Waals surface area (Å²) < 4.78 is 11.0. The molecule has 0 N–H and O–H groups in total. The minimum absolute atomic E-state index is 0.00134. The molecule has 0 radical (unpaired) electrons. The third kappa shape index (κ3) is 5.04. The van der Waals surface area contributed by atoms with E-state index < -0.39 is 34.6 Å². The summed E-state index contributed by atoms with van der Waals surface area (Å²) in [6.45, 7) is 0. The first kappa shape index (κ1) is 27.2. The fourth-order valence-corrected chi connectivity index (χ4v) is 4.67. The Morgan fingerprint density at radius 1 is 0.878 bits per heavy atom. The molecule has 1 aliphatic heterocycles. The highest BCUT2D eigenvalue weighted by atomic mass is 35.5. The number of ketones is 1. The fraction of sp³-hybridized carbons (Fsp3) is 0.0667. The van der Waals surface area contributed by atoms with Crippen LogP contribution in [0.5, 0.6) is 5.75 Å². The molecule has 4 aromatic carbocycles. The van der Waals surface area contributed by atoms with Gasteiger partial charge in [0.1, 0.15) is 11.3 Å². The van der Waals surface area contributed by atoms with Crippen LogP contribution in [0.1, 0.15) is 53.1 Å². The van der Waals surface area contributed by atoms with Crippen molar-refractivity contribution in [2.45, 2.75) is 6.10 Å². The van der Waals surface area contributed by atoms with Crippen molar-refractivity contribution in [2.24, 2.45) is 0 Å². The van der Waals surface area contributed by atoms with Crippen molar-refractivity contribution in [1.82, 2.24) is 0 Å². The van der Waals surface area contributed by atoms with E-state index in [0.717, 1.165) is 4.90 Å². The molecule has 204 valence electrons. The Bertz CT molecular complexity index is 1690. The summed E-state index contributed by atoms with van der Waals surface area (Å²) in [5, 5.41) is 11.0. The predicted octanol–water partition coefficient (Wildman–Crippen LogP) is 5.84. The van der Waals surface area contributed by atoms with Gasteiger partial charge in [0.15, 0.2) is 6.10 Å². The third-order valence-electron chi connectivity index (χ3n) is 6.45. The molecule has 1 heterocycles. The minimum Gasteiger partial charge on any atom is -0.496 e. The molecule has 1 aliphatic rings. The van der Waals surface area contributed by atoms with Gasteiger partial charge >= 0.3 is 5.97 Å². The number of amides is 2. The lowest BCUT2D eigenvalue weighted by Gasteiger charge is -2.20. The van der Waals surface area contributed by atoms with Gasteiger partial charge < -0.3 is 9.47 Å². The van der Waals surface area contributed by atoms with Crippen LogP contribution in [0.2, 0.25) is 5.02 Å². The number of carbonyl (C=O) groups is 4. The van der Waals surface area contributed by atoms with Crippen molar-refractivity contribution < 1.29 is 33.6 Å². The molecule has 0 bridgehead atoms. The Labute approximate surface area is 237 Å². The van der Waals surface area contributed by atoms with E-state index in [2.05, 4.69) is 0 Å². The molecular formula is C30H19ClN2O8. The maximum atomic E-state index is 13.4. The molecule has 4 aromatic rings. The number of nitro benzene ring substituents is 1. The highest BCUT2D eigenvalue weighted by molar-refractivity contribution is 6.40. The summed E-state index contributed by atoms with van der Waals surface area (Å²) in [6, 6.07) is 21.9. The van der Waals surface area contributed by atoms with Crippen LogP contribution in [-0.4, -0.2) is 35.6 Å². The summed E-state index contributed by atoms with van der Waals surface area (Å²) in [5.41, 5.74) is 0.482. The number of fused-ring (bicyclic) bond motifs is 1. The molecule has 0 unspecified atom stereocenters. The number of benzene rings is 4. The summed E-state index contributed by atoms with van der Waals surface area (Å²) >= 11 is 6.47. The average molecular weight is 571 g/mol. The summed E-state index contributed by atoms with van der Waals surface area (Å²) in [5.74, 6) is -2.81. The number of ether oxygens (including phenoxy) is 2. The van der Waals surface area contributed by atoms with E-state index in [0.29, 0.717) is 0 Å². The Balaban J connectivity index is 1.50. The number of imide groups is 1. The highest BCUT2D eigenvalue weighted by Crippen LogP contribution is 2.38. The Hall–Kier alpha value is -5.35. The number of nitrogens with zero attached hydrogens (tertiary/aromatic N) is 2. The molecule has 10 nitrogen and oxygen atoms in total. The van der Waals surface area contributed by atoms with Crippen molar-refractivity contribution in [1.29, 1.82) is 0 Å². The number of esters is 1. The molecule has 0 aromatic heterocycles. The zero-order chi connectivity index (χ0) is 29.3. The first-order valence-electron chi connectivity index (χ1n) is 12.1. The number of Topliss-reactive ketones (excluding diaryl/α,β-unsaturated/α-hetero) is 1. The maximum absolute atomic E-state index is 13.4. The average Bonchev–Trinajstić information content (AvgIpc) is 3.25. The summed E-state index contributed by atoms with van der Waals surface area (Å²) in [7, 11) is 1.27. The topological polar surface area (TPSA) is 133 Å². The molecule has 5 rings (SSSR count). The predicted molar refractivity (Wildman–Crippen MR) is 148 cm³/mol. The van der Waals surface area contributed by atoms with Crippen LogP contribution in [-0.2, 0) is 4.74 Å². The van der Waals surface area contributed by atoms with Gasteiger partial charge in [0.25, 0.3) is 17.5 Å². The molecule has 2 amide bonds. The molecule has 0 spiro atoms. The first-order chi connectivity index (χ1) is 19.7. The van der Waals surface area contributed by atoms with Crippen LogP contribution in [0.4, 0.5) is 11.4 Å². The standard InChI is InChI=1S/C30H19ClN2O8/c1-40-25-16-24(32-28(35)20-9-5-6-10-21(20)29(32)36)23(31)15-22(25)30(37)41-27(26(34)17-7-3-2-4-8-17)18-11-13-19(14-12-18)33(38)39/h2-16,27H,1H3/t27-/m0/s1. The number of carbonyl (C=O) groups excluding carboxylic acids is 4. The van der Waals surface area contributed by atoms with Crippen LogP contribution in [0.3, 0.4) is 0 Å². The summed E-state index contributed by atoms with van der Waals surface area (Å²) in [4.78, 5) is 64.2. The Morgan fingerprint density at radius 2 is 1.46 bits per heavy atom. The van der Waals surface area contributed by atoms with Crippen molar-refractivity contribution >= 4 is 46.5 Å². The van der Waals surface area contributed by atoms with Crippen molar-refractivity contribution in [2.75, 3.05) is 12.0 Å². The largest absolute Gasteiger partial charge is 0.496 e. The van der Waals surface area contributed by atoms with Crippen molar-refractivity contribution in [3.8, 4) is 5.75 Å².